The molecule has 1 saturated heterocycles. The lowest BCUT2D eigenvalue weighted by Gasteiger charge is -2.32. The number of carbonyl (C=O) groups is 13. The molecule has 0 saturated carbocycles. The minimum absolute atomic E-state index is 0.0328. The number of hydrogen-bond donors (Lipinski definition) is 16. The zero-order chi connectivity index (χ0) is 65.6. The van der Waals surface area contributed by atoms with E-state index in [4.69, 9.17) is 11.5 Å². The number of benzene rings is 2. The third-order valence-electron chi connectivity index (χ3n) is 15.0. The van der Waals surface area contributed by atoms with Crippen molar-refractivity contribution in [2.75, 3.05) is 13.2 Å². The van der Waals surface area contributed by atoms with Gasteiger partial charge in [-0.25, -0.2) is 9.78 Å². The van der Waals surface area contributed by atoms with E-state index in [0.29, 0.717) is 27.7 Å². The monoisotopic (exact) mass is 1240 g/mol. The van der Waals surface area contributed by atoms with Gasteiger partial charge in [-0.2, -0.15) is 0 Å². The number of aromatic amines is 2. The zero-order valence-electron chi connectivity index (χ0n) is 49.5. The van der Waals surface area contributed by atoms with Crippen molar-refractivity contribution in [2.24, 2.45) is 23.3 Å². The maximum absolute atomic E-state index is 14.9. The normalized spacial score (nSPS) is 16.3. The Morgan fingerprint density at radius 1 is 0.640 bits per heavy atom. The van der Waals surface area contributed by atoms with Gasteiger partial charge in [0.1, 0.15) is 54.4 Å². The van der Waals surface area contributed by atoms with Gasteiger partial charge >= 0.3 is 17.9 Å². The number of aliphatic hydroxyl groups excluding tert-OH is 1. The summed E-state index contributed by atoms with van der Waals surface area (Å²) in [6.45, 7) is 5.25. The van der Waals surface area contributed by atoms with E-state index in [1.807, 2.05) is 0 Å². The minimum atomic E-state index is -1.94. The number of fused-ring (bicyclic) bond motifs is 1. The van der Waals surface area contributed by atoms with Crippen LogP contribution in [0.5, 0.6) is 0 Å². The number of primary amides is 1. The number of aliphatic hydroxyl groups is 1. The van der Waals surface area contributed by atoms with Crippen molar-refractivity contribution in [3.05, 3.63) is 90.1 Å². The van der Waals surface area contributed by atoms with E-state index in [9.17, 15) is 82.8 Å². The van der Waals surface area contributed by atoms with Crippen LogP contribution in [0.25, 0.3) is 10.9 Å². The fourth-order valence-electron chi connectivity index (χ4n) is 9.85. The zero-order valence-corrected chi connectivity index (χ0v) is 49.5. The number of nitrogens with zero attached hydrogens (tertiary/aromatic N) is 2. The molecule has 2 aromatic carbocycles. The van der Waals surface area contributed by atoms with Crippen LogP contribution in [0.15, 0.2) is 73.3 Å². The van der Waals surface area contributed by atoms with Gasteiger partial charge in [-0.3, -0.25) is 57.5 Å². The lowest BCUT2D eigenvalue weighted by atomic mass is 9.96. The molecule has 2 aromatic heterocycles. The summed E-state index contributed by atoms with van der Waals surface area (Å²) in [5.74, 6) is -15.7. The van der Waals surface area contributed by atoms with Crippen LogP contribution < -0.4 is 54.0 Å². The number of hydrogen-bond acceptors (Lipinski definition) is 16. The Labute approximate surface area is 510 Å². The van der Waals surface area contributed by atoms with E-state index in [1.165, 1.54) is 31.3 Å². The highest BCUT2D eigenvalue weighted by molar-refractivity contribution is 6.00. The Kier molecular flexibility index (Phi) is 26.2. The summed E-state index contributed by atoms with van der Waals surface area (Å²) in [4.78, 5) is 186. The van der Waals surface area contributed by atoms with Gasteiger partial charge in [-0.1, -0.05) is 82.6 Å². The van der Waals surface area contributed by atoms with Crippen molar-refractivity contribution >= 4 is 87.9 Å². The van der Waals surface area contributed by atoms with Gasteiger partial charge in [0.15, 0.2) is 0 Å². The summed E-state index contributed by atoms with van der Waals surface area (Å²) in [6.07, 6.45) is 1.52. The molecule has 482 valence electrons. The Morgan fingerprint density at radius 3 is 1.75 bits per heavy atom. The number of carboxylic acids is 3. The number of carbonyl (C=O) groups excluding carboxylic acids is 10. The van der Waals surface area contributed by atoms with Crippen LogP contribution >= 0.6 is 0 Å². The van der Waals surface area contributed by atoms with E-state index in [-0.39, 0.29) is 57.9 Å². The molecule has 31 nitrogen and oxygen atoms in total. The Balaban J connectivity index is 1.39. The summed E-state index contributed by atoms with van der Waals surface area (Å²) in [5, 5.41) is 59.8. The first-order valence-corrected chi connectivity index (χ1v) is 28.8. The molecule has 3 heterocycles. The molecule has 5 rings (SSSR count). The SMILES string of the molecule is CC[C@H](C)[C@H](NC(=O)[C@H](CC(=O)O)NC(=O)[C@H](Cc1c[nH]c2ccccc12)NC(=O)[C@H](CO)NC(=O)[C@@H](N)CCC(N)=O)C(=O)N[C@@H](Cc1cnc[nH]1)C(=O)N1CCC[C@H]1C(=O)N[C@@H](Cc1ccccc1)C(=O)N[C@@H](CC(=O)O)C(=O)N[C@H](C(=O)O)C(C)C. The molecule has 18 N–H and O–H groups in total. The lowest BCUT2D eigenvalue weighted by Crippen LogP contribution is -2.62. The minimum Gasteiger partial charge on any atom is -0.481 e. The third kappa shape index (κ3) is 20.7. The standard InChI is InChI=1S/C58H78N14O17/c1-5-30(4)48(71-53(83)40(24-46(77)78)66-51(81)38(21-32-25-62-36-15-10-9-14-34(32)36)64-54(84)42(27-73)69-49(79)35(59)17-18-44(60)74)56(86)68-41(22-33-26-61-28-63-33)57(87)72-19-11-16-43(72)55(85)67-37(20-31-12-7-6-8-13-31)50(80)65-39(23-45(75)76)52(82)70-47(29(2)3)58(88)89/h6-10,12-15,25-26,28-30,35,37-43,47-48,62,73H,5,11,16-24,27,59H2,1-4H3,(H2,60,74)(H,61,63)(H,64,84)(H,65,80)(H,66,81)(H,67,85)(H,68,86)(H,69,79)(H,70,82)(H,71,83)(H,75,76)(H,77,78)(H,88,89)/t30-,35-,37-,38-,39-,40-,41-,42-,43-,47-,48-/m0/s1. The quantitative estimate of drug-likeness (QED) is 0.0220. The van der Waals surface area contributed by atoms with Crippen molar-refractivity contribution in [1.82, 2.24) is 62.4 Å². The molecule has 4 aromatic rings. The second-order valence-electron chi connectivity index (χ2n) is 22.0. The number of aliphatic carboxylic acids is 3. The summed E-state index contributed by atoms with van der Waals surface area (Å²) < 4.78 is 0. The molecule has 31 heteroatoms. The van der Waals surface area contributed by atoms with Crippen LogP contribution in [0.3, 0.4) is 0 Å². The molecular formula is C58H78N14O17. The number of imidazole rings is 1. The van der Waals surface area contributed by atoms with Crippen molar-refractivity contribution in [3.8, 4) is 0 Å². The first kappa shape index (κ1) is 70.0. The van der Waals surface area contributed by atoms with Crippen molar-refractivity contribution in [1.29, 1.82) is 0 Å². The van der Waals surface area contributed by atoms with Crippen molar-refractivity contribution < 1.29 is 82.8 Å². The highest BCUT2D eigenvalue weighted by Gasteiger charge is 2.42. The van der Waals surface area contributed by atoms with Gasteiger partial charge in [0.2, 0.25) is 59.1 Å². The Morgan fingerprint density at radius 2 is 1.19 bits per heavy atom. The van der Waals surface area contributed by atoms with Gasteiger partial charge in [-0.15, -0.1) is 0 Å². The van der Waals surface area contributed by atoms with Gasteiger partial charge in [0.05, 0.1) is 31.8 Å². The molecule has 11 atom stereocenters. The largest absolute Gasteiger partial charge is 0.481 e. The van der Waals surface area contributed by atoms with E-state index < -0.39 is 169 Å². The molecule has 0 radical (unpaired) electrons. The fourth-order valence-corrected chi connectivity index (χ4v) is 9.85. The maximum Gasteiger partial charge on any atom is 0.326 e. The highest BCUT2D eigenvalue weighted by Crippen LogP contribution is 2.23. The summed E-state index contributed by atoms with van der Waals surface area (Å²) in [7, 11) is 0. The molecule has 89 heavy (non-hydrogen) atoms. The number of para-hydroxylation sites is 1. The highest BCUT2D eigenvalue weighted by atomic mass is 16.4. The van der Waals surface area contributed by atoms with Gasteiger partial charge in [0, 0.05) is 61.2 Å². The van der Waals surface area contributed by atoms with Gasteiger partial charge in [0.25, 0.3) is 0 Å². The van der Waals surface area contributed by atoms with Crippen molar-refractivity contribution in [3.63, 3.8) is 0 Å². The Hall–Kier alpha value is -9.78. The molecule has 0 bridgehead atoms. The average molecular weight is 1240 g/mol. The number of aromatic nitrogens is 3. The number of carboxylic acid groups (broad SMARTS) is 3. The third-order valence-corrected chi connectivity index (χ3v) is 15.0. The van der Waals surface area contributed by atoms with Gasteiger partial charge < -0.3 is 89.3 Å². The first-order chi connectivity index (χ1) is 42.2. The number of nitrogens with one attached hydrogen (secondary N) is 10. The smallest absolute Gasteiger partial charge is 0.326 e. The second kappa shape index (κ2) is 33.4. The molecule has 1 fully saturated rings. The number of likely N-dealkylation sites (tertiary alicyclic amines) is 1. The number of nitrogens with two attached hydrogens (primary N) is 2. The Bertz CT molecular complexity index is 3180. The number of amides is 10. The molecule has 0 unspecified atom stereocenters. The predicted octanol–water partition coefficient (Wildman–Crippen LogP) is -2.89. The number of H-pyrrole nitrogens is 2. The van der Waals surface area contributed by atoms with E-state index >= 15 is 0 Å². The molecular weight excluding hydrogens is 1160 g/mol. The summed E-state index contributed by atoms with van der Waals surface area (Å²) in [5.41, 5.74) is 13.0. The van der Waals surface area contributed by atoms with E-state index in [1.54, 1.807) is 74.6 Å². The van der Waals surface area contributed by atoms with Crippen LogP contribution in [0.1, 0.15) is 89.5 Å². The molecule has 1 aliphatic heterocycles. The first-order valence-electron chi connectivity index (χ1n) is 28.8. The number of rotatable bonds is 35. The van der Waals surface area contributed by atoms with E-state index in [2.05, 4.69) is 57.5 Å². The van der Waals surface area contributed by atoms with Crippen LogP contribution in [0.2, 0.25) is 0 Å². The summed E-state index contributed by atoms with van der Waals surface area (Å²) in [6, 6.07) is -0.461. The lowest BCUT2D eigenvalue weighted by molar-refractivity contribution is -0.145. The maximum atomic E-state index is 14.9. The van der Waals surface area contributed by atoms with Crippen molar-refractivity contribution in [2.45, 2.75) is 152 Å². The van der Waals surface area contributed by atoms with Crippen LogP contribution in [0, 0.1) is 11.8 Å². The van der Waals surface area contributed by atoms with Crippen LogP contribution in [-0.4, -0.2) is 191 Å². The topological polar surface area (TPSA) is 499 Å². The second-order valence-corrected chi connectivity index (χ2v) is 22.0. The van der Waals surface area contributed by atoms with E-state index in [0.717, 1.165) is 0 Å². The molecule has 0 aliphatic carbocycles. The molecule has 1 aliphatic rings. The molecule has 10 amide bonds. The van der Waals surface area contributed by atoms with Crippen LogP contribution in [-0.2, 0) is 81.6 Å². The van der Waals surface area contributed by atoms with Gasteiger partial charge in [-0.05, 0) is 48.3 Å². The molecule has 0 spiro atoms. The predicted molar refractivity (Wildman–Crippen MR) is 315 cm³/mol. The fraction of sp³-hybridized carbons (Fsp3) is 0.483. The summed E-state index contributed by atoms with van der Waals surface area (Å²) >= 11 is 0. The average Bonchev–Trinajstić information content (AvgIpc) is 3.56. The van der Waals surface area contributed by atoms with Crippen LogP contribution in [0.4, 0.5) is 0 Å².